The van der Waals surface area contributed by atoms with Gasteiger partial charge in [0.2, 0.25) is 0 Å². The Balaban J connectivity index is 2.19. The molecule has 1 amide bonds. The number of aliphatic imine (C=N–C) groups is 1. The van der Waals surface area contributed by atoms with Gasteiger partial charge in [0.15, 0.2) is 0 Å². The minimum absolute atomic E-state index is 0.115. The van der Waals surface area contributed by atoms with Gasteiger partial charge in [-0.25, -0.2) is 10.2 Å². The van der Waals surface area contributed by atoms with Gasteiger partial charge in [0, 0.05) is 36.9 Å². The lowest BCUT2D eigenvalue weighted by molar-refractivity contribution is 0.0621. The molecule has 0 aliphatic heterocycles. The number of benzene rings is 2. The summed E-state index contributed by atoms with van der Waals surface area (Å²) < 4.78 is 13.1. The molecule has 10 heteroatoms. The van der Waals surface area contributed by atoms with Gasteiger partial charge in [0.05, 0.1) is 24.4 Å². The molecule has 182 valence electrons. The Morgan fingerprint density at radius 2 is 2.00 bits per heavy atom. The van der Waals surface area contributed by atoms with E-state index >= 15 is 0 Å². The van der Waals surface area contributed by atoms with E-state index in [1.54, 1.807) is 29.2 Å². The summed E-state index contributed by atoms with van der Waals surface area (Å²) >= 11 is 0. The van der Waals surface area contributed by atoms with E-state index in [9.17, 15) is 14.3 Å². The van der Waals surface area contributed by atoms with Crippen LogP contribution in [-0.2, 0) is 0 Å². The monoisotopic (exact) mass is 469 g/mol. The van der Waals surface area contributed by atoms with Crippen LogP contribution in [0.15, 0.2) is 53.7 Å². The van der Waals surface area contributed by atoms with Gasteiger partial charge in [0.1, 0.15) is 12.5 Å². The number of carbonyl (C=O) groups is 1. The smallest absolute Gasteiger partial charge is 0.256 e. The maximum atomic E-state index is 13.5. The Bertz CT molecular complexity index is 1020. The van der Waals surface area contributed by atoms with Gasteiger partial charge in [-0.2, -0.15) is 0 Å². The second kappa shape index (κ2) is 13.1. The topological polar surface area (TPSA) is 144 Å². The van der Waals surface area contributed by atoms with Crippen molar-refractivity contribution >= 4 is 29.7 Å². The van der Waals surface area contributed by atoms with E-state index in [0.29, 0.717) is 22.5 Å². The summed E-state index contributed by atoms with van der Waals surface area (Å²) in [5, 5.41) is 21.0. The molecular formula is C24H32FN7O2. The van der Waals surface area contributed by atoms with Crippen LogP contribution in [0.3, 0.4) is 0 Å². The van der Waals surface area contributed by atoms with E-state index in [0.717, 1.165) is 11.8 Å². The lowest BCUT2D eigenvalue weighted by atomic mass is 10.1. The quantitative estimate of drug-likeness (QED) is 0.183. The van der Waals surface area contributed by atoms with Gasteiger partial charge in [0.25, 0.3) is 5.91 Å². The molecular weight excluding hydrogens is 437 g/mol. The molecule has 7 N–H and O–H groups in total. The highest BCUT2D eigenvalue weighted by atomic mass is 19.1. The highest BCUT2D eigenvalue weighted by Gasteiger charge is 2.24. The van der Waals surface area contributed by atoms with E-state index < -0.39 is 0 Å². The Labute approximate surface area is 199 Å². The maximum Gasteiger partial charge on any atom is 0.256 e. The van der Waals surface area contributed by atoms with E-state index in [1.807, 2.05) is 19.9 Å². The second-order valence-corrected chi connectivity index (χ2v) is 7.74. The summed E-state index contributed by atoms with van der Waals surface area (Å²) in [6, 6.07) is 10.8. The highest BCUT2D eigenvalue weighted by molar-refractivity contribution is 6.14. The number of aryl methyl sites for hydroxylation is 1. The van der Waals surface area contributed by atoms with Crippen LogP contribution in [0.2, 0.25) is 0 Å². The van der Waals surface area contributed by atoms with Gasteiger partial charge < -0.3 is 31.5 Å². The SMILES string of the molecule is Cc1ccc(NC/N=C\C=N)c(C(=O)N(CCO)[C@@H](C)CN(N)/C=C(\N)c2ccc(F)cc2)c1. The number of nitrogens with one attached hydrogen (secondary N) is 2. The van der Waals surface area contributed by atoms with Crippen molar-refractivity contribution in [2.75, 3.05) is 31.7 Å². The molecule has 0 aromatic heterocycles. The Kier molecular flexibility index (Phi) is 10.2. The first-order valence-corrected chi connectivity index (χ1v) is 10.8. The van der Waals surface area contributed by atoms with Crippen LogP contribution < -0.4 is 16.9 Å². The molecule has 0 saturated heterocycles. The van der Waals surface area contributed by atoms with Gasteiger partial charge in [-0.3, -0.25) is 9.79 Å². The van der Waals surface area contributed by atoms with E-state index in [4.69, 9.17) is 17.0 Å². The largest absolute Gasteiger partial charge is 0.397 e. The van der Waals surface area contributed by atoms with Gasteiger partial charge >= 0.3 is 0 Å². The zero-order chi connectivity index (χ0) is 25.1. The number of carbonyl (C=O) groups excluding carboxylic acids is 1. The zero-order valence-electron chi connectivity index (χ0n) is 19.4. The number of amides is 1. The molecule has 0 heterocycles. The minimum Gasteiger partial charge on any atom is -0.397 e. The normalized spacial score (nSPS) is 12.4. The molecule has 2 aromatic rings. The number of hydrazine groups is 1. The number of hydrogen-bond donors (Lipinski definition) is 5. The predicted molar refractivity (Wildman–Crippen MR) is 134 cm³/mol. The molecule has 2 rings (SSSR count). The standard InChI is InChI=1S/C24H32FN7O2/c1-17-3-8-23(30-16-29-10-9-26)21(13-17)24(34)32(11-12-33)18(2)14-31(28)15-22(27)19-4-6-20(25)7-5-19/h3-10,13,15,18,26,30,33H,11-12,14,16,27-28H2,1-2H3/b22-15-,26-9?,29-10-/t18-/m0/s1. The fraction of sp³-hybridized carbons (Fsp3) is 0.292. The van der Waals surface area contributed by atoms with E-state index in [1.165, 1.54) is 29.6 Å². The number of hydrogen-bond acceptors (Lipinski definition) is 8. The minimum atomic E-state index is -0.369. The van der Waals surface area contributed by atoms with Crippen LogP contribution in [0.25, 0.3) is 5.70 Å². The van der Waals surface area contributed by atoms with Crippen molar-refractivity contribution in [1.82, 2.24) is 9.91 Å². The Morgan fingerprint density at radius 3 is 2.65 bits per heavy atom. The van der Waals surface area contributed by atoms with Gasteiger partial charge in [-0.05, 0) is 55.8 Å². The summed E-state index contributed by atoms with van der Waals surface area (Å²) in [5.41, 5.74) is 8.99. The van der Waals surface area contributed by atoms with Crippen molar-refractivity contribution in [3.63, 3.8) is 0 Å². The molecule has 9 nitrogen and oxygen atoms in total. The number of rotatable bonds is 12. The van der Waals surface area contributed by atoms with Crippen molar-refractivity contribution in [3.05, 3.63) is 71.2 Å². The number of aliphatic hydroxyl groups excluding tert-OH is 1. The molecule has 0 radical (unpaired) electrons. The van der Waals surface area contributed by atoms with Crippen LogP contribution in [0, 0.1) is 18.2 Å². The lowest BCUT2D eigenvalue weighted by Gasteiger charge is -2.32. The van der Waals surface area contributed by atoms with Crippen LogP contribution in [-0.4, -0.2) is 65.8 Å². The van der Waals surface area contributed by atoms with Gasteiger partial charge in [-0.1, -0.05) is 11.6 Å². The summed E-state index contributed by atoms with van der Waals surface area (Å²) in [6.07, 6.45) is 3.94. The molecule has 0 aliphatic carbocycles. The molecule has 1 atom stereocenters. The summed E-state index contributed by atoms with van der Waals surface area (Å²) in [5.74, 6) is 5.49. The van der Waals surface area contributed by atoms with Crippen molar-refractivity contribution in [1.29, 1.82) is 5.41 Å². The number of aliphatic hydroxyl groups is 1. The molecule has 0 bridgehead atoms. The average Bonchev–Trinajstić information content (AvgIpc) is 2.80. The Morgan fingerprint density at radius 1 is 1.29 bits per heavy atom. The molecule has 0 fully saturated rings. The molecule has 0 unspecified atom stereocenters. The summed E-state index contributed by atoms with van der Waals surface area (Å²) in [6.45, 7) is 4.06. The summed E-state index contributed by atoms with van der Waals surface area (Å²) in [4.78, 5) is 19.0. The molecule has 0 aliphatic rings. The number of nitrogens with two attached hydrogens (primary N) is 2. The first-order valence-electron chi connectivity index (χ1n) is 10.8. The highest BCUT2D eigenvalue weighted by Crippen LogP contribution is 2.21. The van der Waals surface area contributed by atoms with Crippen LogP contribution in [0.1, 0.15) is 28.4 Å². The fourth-order valence-corrected chi connectivity index (χ4v) is 3.36. The molecule has 0 saturated carbocycles. The third-order valence-electron chi connectivity index (χ3n) is 5.04. The van der Waals surface area contributed by atoms with Gasteiger partial charge in [-0.15, -0.1) is 0 Å². The predicted octanol–water partition coefficient (Wildman–Crippen LogP) is 2.18. The first-order chi connectivity index (χ1) is 16.3. The van der Waals surface area contributed by atoms with Crippen LogP contribution >= 0.6 is 0 Å². The van der Waals surface area contributed by atoms with E-state index in [-0.39, 0.29) is 44.1 Å². The second-order valence-electron chi connectivity index (χ2n) is 7.74. The third-order valence-corrected chi connectivity index (χ3v) is 5.04. The molecule has 0 spiro atoms. The van der Waals surface area contributed by atoms with E-state index in [2.05, 4.69) is 10.3 Å². The first kappa shape index (κ1) is 26.5. The Hall–Kier alpha value is -3.76. The average molecular weight is 470 g/mol. The number of nitrogens with zero attached hydrogens (tertiary/aromatic N) is 3. The van der Waals surface area contributed by atoms with Crippen LogP contribution in [0.5, 0.6) is 0 Å². The zero-order valence-corrected chi connectivity index (χ0v) is 19.4. The maximum absolute atomic E-state index is 13.5. The van der Waals surface area contributed by atoms with Crippen molar-refractivity contribution in [2.45, 2.75) is 19.9 Å². The molecule has 34 heavy (non-hydrogen) atoms. The van der Waals surface area contributed by atoms with Crippen molar-refractivity contribution in [2.24, 2.45) is 16.6 Å². The van der Waals surface area contributed by atoms with Crippen molar-refractivity contribution < 1.29 is 14.3 Å². The third kappa shape index (κ3) is 7.68. The number of halogens is 1. The molecule has 2 aromatic carbocycles. The fourth-order valence-electron chi connectivity index (χ4n) is 3.36. The number of anilines is 1. The van der Waals surface area contributed by atoms with Crippen LogP contribution in [0.4, 0.5) is 10.1 Å². The lowest BCUT2D eigenvalue weighted by Crippen LogP contribution is -2.47. The van der Waals surface area contributed by atoms with Crippen molar-refractivity contribution in [3.8, 4) is 0 Å². The summed E-state index contributed by atoms with van der Waals surface area (Å²) in [7, 11) is 0.